The second-order valence-corrected chi connectivity index (χ2v) is 7.47. The molecular formula is C18H22ClFN4OS. The van der Waals surface area contributed by atoms with Crippen LogP contribution in [0, 0.1) is 11.7 Å². The smallest absolute Gasteiger partial charge is 0.228 e. The Balaban J connectivity index is 0.00000196. The van der Waals surface area contributed by atoms with Crippen LogP contribution in [0.5, 0.6) is 0 Å². The van der Waals surface area contributed by atoms with Gasteiger partial charge in [0, 0.05) is 56.8 Å². The van der Waals surface area contributed by atoms with Gasteiger partial charge < -0.3 is 10.2 Å². The van der Waals surface area contributed by atoms with Crippen LogP contribution in [0.1, 0.15) is 5.69 Å². The molecule has 8 heteroatoms. The lowest BCUT2D eigenvalue weighted by Crippen LogP contribution is -2.56. The summed E-state index contributed by atoms with van der Waals surface area (Å²) in [5.74, 6) is 0.250. The Hall–Kier alpha value is -1.54. The first-order valence-corrected chi connectivity index (χ1v) is 9.49. The molecule has 2 aromatic rings. The maximum atomic E-state index is 13.0. The molecule has 3 heterocycles. The molecule has 0 spiro atoms. The summed E-state index contributed by atoms with van der Waals surface area (Å²) in [6.07, 6.45) is 0. The summed E-state index contributed by atoms with van der Waals surface area (Å²) in [5, 5.41) is 6.14. The minimum atomic E-state index is -0.231. The van der Waals surface area contributed by atoms with E-state index in [1.54, 1.807) is 23.5 Å². The van der Waals surface area contributed by atoms with Crippen LogP contribution in [0.25, 0.3) is 10.6 Å². The van der Waals surface area contributed by atoms with Crippen LogP contribution >= 0.6 is 23.7 Å². The van der Waals surface area contributed by atoms with Crippen molar-refractivity contribution in [3.63, 3.8) is 0 Å². The van der Waals surface area contributed by atoms with Crippen molar-refractivity contribution in [2.75, 3.05) is 39.3 Å². The second kappa shape index (κ2) is 8.43. The first kappa shape index (κ1) is 19.2. The van der Waals surface area contributed by atoms with E-state index in [4.69, 9.17) is 0 Å². The van der Waals surface area contributed by atoms with Crippen LogP contribution in [0.15, 0.2) is 29.6 Å². The summed E-state index contributed by atoms with van der Waals surface area (Å²) in [5.41, 5.74) is 1.98. The number of piperazine rings is 1. The lowest BCUT2D eigenvalue weighted by Gasteiger charge is -2.38. The number of thiazole rings is 1. The van der Waals surface area contributed by atoms with Crippen molar-refractivity contribution in [3.05, 3.63) is 41.2 Å². The van der Waals surface area contributed by atoms with Gasteiger partial charge in [0.05, 0.1) is 11.6 Å². The van der Waals surface area contributed by atoms with Gasteiger partial charge in [-0.3, -0.25) is 9.69 Å². The molecule has 1 aromatic heterocycles. The lowest BCUT2D eigenvalue weighted by molar-refractivity contribution is -0.138. The molecular weight excluding hydrogens is 375 g/mol. The van der Waals surface area contributed by atoms with Crippen molar-refractivity contribution in [3.8, 4) is 10.6 Å². The highest BCUT2D eigenvalue weighted by molar-refractivity contribution is 7.13. The molecule has 1 N–H and O–H groups in total. The third-order valence-corrected chi connectivity index (χ3v) is 5.78. The van der Waals surface area contributed by atoms with Crippen molar-refractivity contribution in [1.29, 1.82) is 0 Å². The molecule has 5 nitrogen and oxygen atoms in total. The highest BCUT2D eigenvalue weighted by atomic mass is 35.5. The second-order valence-electron chi connectivity index (χ2n) is 6.61. The third-order valence-electron chi connectivity index (χ3n) is 4.84. The fourth-order valence-electron chi connectivity index (χ4n) is 3.18. The largest absolute Gasteiger partial charge is 0.340 e. The number of aromatic nitrogens is 1. The Kier molecular flexibility index (Phi) is 6.24. The average Bonchev–Trinajstić information content (AvgIpc) is 3.03. The number of nitrogens with one attached hydrogen (secondary N) is 1. The average molecular weight is 397 g/mol. The minimum Gasteiger partial charge on any atom is -0.340 e. The van der Waals surface area contributed by atoms with E-state index >= 15 is 0 Å². The number of benzene rings is 1. The summed E-state index contributed by atoms with van der Waals surface area (Å²) in [6.45, 7) is 5.80. The fourth-order valence-corrected chi connectivity index (χ4v) is 4.00. The quantitative estimate of drug-likeness (QED) is 0.861. The monoisotopic (exact) mass is 396 g/mol. The zero-order valence-electron chi connectivity index (χ0n) is 14.4. The van der Waals surface area contributed by atoms with Gasteiger partial charge >= 0.3 is 0 Å². The Morgan fingerprint density at radius 3 is 2.50 bits per heavy atom. The molecule has 2 aliphatic rings. The summed E-state index contributed by atoms with van der Waals surface area (Å²) >= 11 is 1.59. The molecule has 0 atom stereocenters. The highest BCUT2D eigenvalue weighted by Crippen LogP contribution is 2.24. The maximum Gasteiger partial charge on any atom is 0.228 e. The molecule has 2 aliphatic heterocycles. The zero-order valence-corrected chi connectivity index (χ0v) is 16.0. The zero-order chi connectivity index (χ0) is 17.2. The Bertz CT molecular complexity index is 742. The number of rotatable bonds is 4. The predicted octanol–water partition coefficient (Wildman–Crippen LogP) is 2.23. The predicted molar refractivity (Wildman–Crippen MR) is 103 cm³/mol. The number of halogens is 2. The van der Waals surface area contributed by atoms with Gasteiger partial charge in [-0.25, -0.2) is 9.37 Å². The van der Waals surface area contributed by atoms with Gasteiger partial charge in [-0.05, 0) is 24.3 Å². The number of hydrogen-bond donors (Lipinski definition) is 1. The van der Waals surface area contributed by atoms with Gasteiger partial charge in [-0.2, -0.15) is 0 Å². The Morgan fingerprint density at radius 2 is 1.88 bits per heavy atom. The van der Waals surface area contributed by atoms with E-state index < -0.39 is 0 Å². The number of nitrogens with zero attached hydrogens (tertiary/aromatic N) is 3. The number of hydrogen-bond acceptors (Lipinski definition) is 5. The van der Waals surface area contributed by atoms with Gasteiger partial charge in [0.2, 0.25) is 5.91 Å². The molecule has 0 radical (unpaired) electrons. The van der Waals surface area contributed by atoms with Gasteiger partial charge in [0.1, 0.15) is 10.8 Å². The fraction of sp³-hybridized carbons (Fsp3) is 0.444. The van der Waals surface area contributed by atoms with E-state index in [1.807, 2.05) is 4.90 Å². The van der Waals surface area contributed by atoms with Gasteiger partial charge in [-0.1, -0.05) is 0 Å². The molecule has 26 heavy (non-hydrogen) atoms. The van der Waals surface area contributed by atoms with Gasteiger partial charge in [-0.15, -0.1) is 23.7 Å². The highest BCUT2D eigenvalue weighted by Gasteiger charge is 2.31. The number of carbonyl (C=O) groups excluding carboxylic acids is 1. The first-order chi connectivity index (χ1) is 12.2. The topological polar surface area (TPSA) is 48.5 Å². The molecule has 0 saturated carbocycles. The molecule has 0 unspecified atom stereocenters. The Labute approximate surface area is 162 Å². The molecule has 2 saturated heterocycles. The number of carbonyl (C=O) groups is 1. The normalized spacial score (nSPS) is 18.3. The van der Waals surface area contributed by atoms with Crippen LogP contribution in [0.3, 0.4) is 0 Å². The van der Waals surface area contributed by atoms with Crippen LogP contribution in [0.2, 0.25) is 0 Å². The SMILES string of the molecule is Cl.O=C(C1CNC1)N1CCN(Cc2csc(-c3ccc(F)cc3)n2)CC1. The molecule has 0 aliphatic carbocycles. The van der Waals surface area contributed by atoms with Crippen molar-refractivity contribution >= 4 is 29.7 Å². The van der Waals surface area contributed by atoms with E-state index in [0.717, 1.165) is 62.1 Å². The first-order valence-electron chi connectivity index (χ1n) is 8.61. The van der Waals surface area contributed by atoms with Gasteiger partial charge in [0.25, 0.3) is 0 Å². The van der Waals surface area contributed by atoms with E-state index in [-0.39, 0.29) is 24.1 Å². The summed E-state index contributed by atoms with van der Waals surface area (Å²) < 4.78 is 13.0. The summed E-state index contributed by atoms with van der Waals surface area (Å²) in [6, 6.07) is 6.45. The van der Waals surface area contributed by atoms with E-state index in [0.29, 0.717) is 5.91 Å². The third kappa shape index (κ3) is 4.23. The number of amides is 1. The van der Waals surface area contributed by atoms with Crippen LogP contribution in [0.4, 0.5) is 4.39 Å². The molecule has 2 fully saturated rings. The van der Waals surface area contributed by atoms with Crippen LogP contribution in [-0.4, -0.2) is 60.0 Å². The van der Waals surface area contributed by atoms with E-state index in [9.17, 15) is 9.18 Å². The van der Waals surface area contributed by atoms with Crippen LogP contribution in [-0.2, 0) is 11.3 Å². The minimum absolute atomic E-state index is 0. The molecule has 1 amide bonds. The molecule has 4 rings (SSSR count). The van der Waals surface area contributed by atoms with Crippen molar-refractivity contribution in [2.24, 2.45) is 5.92 Å². The molecule has 1 aromatic carbocycles. The van der Waals surface area contributed by atoms with Gasteiger partial charge in [0.15, 0.2) is 0 Å². The maximum absolute atomic E-state index is 13.0. The van der Waals surface area contributed by atoms with E-state index in [2.05, 4.69) is 20.6 Å². The Morgan fingerprint density at radius 1 is 1.19 bits per heavy atom. The van der Waals surface area contributed by atoms with Crippen molar-refractivity contribution in [1.82, 2.24) is 20.1 Å². The van der Waals surface area contributed by atoms with Crippen LogP contribution < -0.4 is 5.32 Å². The molecule has 140 valence electrons. The standard InChI is InChI=1S/C18H21FN4OS.ClH/c19-15-3-1-13(2-4-15)17-21-16(12-25-17)11-22-5-7-23(8-6-22)18(24)14-9-20-10-14;/h1-4,12,14,20H,5-11H2;1H. The van der Waals surface area contributed by atoms with Crippen molar-refractivity contribution < 1.29 is 9.18 Å². The summed E-state index contributed by atoms with van der Waals surface area (Å²) in [4.78, 5) is 21.3. The molecule has 0 bridgehead atoms. The van der Waals surface area contributed by atoms with E-state index in [1.165, 1.54) is 12.1 Å². The lowest BCUT2D eigenvalue weighted by atomic mass is 10.0. The summed E-state index contributed by atoms with van der Waals surface area (Å²) in [7, 11) is 0. The van der Waals surface area contributed by atoms with Crippen molar-refractivity contribution in [2.45, 2.75) is 6.54 Å².